The Bertz CT molecular complexity index is 372. The van der Waals surface area contributed by atoms with Crippen LogP contribution < -0.4 is 0 Å². The summed E-state index contributed by atoms with van der Waals surface area (Å²) in [6.07, 6.45) is 1.30. The maximum atomic E-state index is 8.47. The van der Waals surface area contributed by atoms with Crippen LogP contribution in [0.1, 0.15) is 25.8 Å². The molecule has 0 unspecified atom stereocenters. The van der Waals surface area contributed by atoms with Crippen molar-refractivity contribution in [1.82, 2.24) is 0 Å². The third kappa shape index (κ3) is 2.20. The van der Waals surface area contributed by atoms with Crippen LogP contribution in [0.3, 0.4) is 0 Å². The van der Waals surface area contributed by atoms with Gasteiger partial charge in [-0.1, -0.05) is 32.0 Å². The lowest BCUT2D eigenvalue weighted by molar-refractivity contribution is 1.31. The lowest BCUT2D eigenvalue weighted by atomic mass is 10.1. The van der Waals surface area contributed by atoms with Gasteiger partial charge in [-0.3, -0.25) is 4.99 Å². The molecule has 2 nitrogen and oxygen atoms in total. The molecule has 0 radical (unpaired) electrons. The molecule has 0 aromatic heterocycles. The number of hydrogen-bond acceptors (Lipinski definition) is 2. The summed E-state index contributed by atoms with van der Waals surface area (Å²) in [5.74, 6) is 0. The van der Waals surface area contributed by atoms with Gasteiger partial charge in [-0.2, -0.15) is 5.26 Å². The molecule has 2 rings (SSSR count). The largest absolute Gasteiger partial charge is 0.256 e. The lowest BCUT2D eigenvalue weighted by Gasteiger charge is -1.92. The molecule has 0 bridgehead atoms. The SMILES string of the molecule is CC.N#CCC1=Nc2ccccc2C1. The van der Waals surface area contributed by atoms with E-state index in [1.165, 1.54) is 5.56 Å². The Labute approximate surface area is 84.9 Å². The predicted molar refractivity (Wildman–Crippen MR) is 58.8 cm³/mol. The molecule has 1 aliphatic rings. The van der Waals surface area contributed by atoms with Crippen molar-refractivity contribution in [2.75, 3.05) is 0 Å². The smallest absolute Gasteiger partial charge is 0.0739 e. The number of hydrogen-bond donors (Lipinski definition) is 0. The molecule has 0 aliphatic carbocycles. The first-order chi connectivity index (χ1) is 6.90. The Balaban J connectivity index is 0.000000461. The molecule has 0 atom stereocenters. The van der Waals surface area contributed by atoms with Crippen molar-refractivity contribution in [1.29, 1.82) is 5.26 Å². The van der Waals surface area contributed by atoms with Gasteiger partial charge in [-0.25, -0.2) is 0 Å². The summed E-state index contributed by atoms with van der Waals surface area (Å²) < 4.78 is 0. The van der Waals surface area contributed by atoms with Crippen molar-refractivity contribution in [2.45, 2.75) is 26.7 Å². The van der Waals surface area contributed by atoms with Crippen molar-refractivity contribution < 1.29 is 0 Å². The second kappa shape index (κ2) is 5.18. The van der Waals surface area contributed by atoms with Crippen LogP contribution in [-0.2, 0) is 6.42 Å². The summed E-state index contributed by atoms with van der Waals surface area (Å²) in [6, 6.07) is 10.1. The van der Waals surface area contributed by atoms with Crippen LogP contribution in [0.25, 0.3) is 0 Å². The number of para-hydroxylation sites is 1. The number of benzene rings is 1. The van der Waals surface area contributed by atoms with Crippen LogP contribution in [0.2, 0.25) is 0 Å². The van der Waals surface area contributed by atoms with Gasteiger partial charge >= 0.3 is 0 Å². The minimum atomic E-state index is 0.453. The van der Waals surface area contributed by atoms with Crippen LogP contribution in [0.15, 0.2) is 29.3 Å². The van der Waals surface area contributed by atoms with E-state index < -0.39 is 0 Å². The van der Waals surface area contributed by atoms with Crippen molar-refractivity contribution >= 4 is 11.4 Å². The Morgan fingerprint density at radius 1 is 1.36 bits per heavy atom. The fourth-order valence-corrected chi connectivity index (χ4v) is 1.39. The normalized spacial score (nSPS) is 11.9. The molecule has 0 N–H and O–H groups in total. The van der Waals surface area contributed by atoms with E-state index in [0.717, 1.165) is 17.8 Å². The summed E-state index contributed by atoms with van der Waals surface area (Å²) >= 11 is 0. The van der Waals surface area contributed by atoms with E-state index in [1.807, 2.05) is 32.0 Å². The first kappa shape index (κ1) is 10.5. The molecule has 2 heteroatoms. The molecule has 0 fully saturated rings. The van der Waals surface area contributed by atoms with Crippen molar-refractivity contribution in [3.8, 4) is 6.07 Å². The molecular formula is C12H14N2. The van der Waals surface area contributed by atoms with E-state index >= 15 is 0 Å². The molecule has 0 amide bonds. The summed E-state index contributed by atoms with van der Waals surface area (Å²) in [6.45, 7) is 4.00. The van der Waals surface area contributed by atoms with Gasteiger partial charge in [0.2, 0.25) is 0 Å². The average molecular weight is 186 g/mol. The van der Waals surface area contributed by atoms with E-state index in [1.54, 1.807) is 0 Å². The van der Waals surface area contributed by atoms with Crippen molar-refractivity contribution in [3.05, 3.63) is 29.8 Å². The highest BCUT2D eigenvalue weighted by molar-refractivity contribution is 5.95. The van der Waals surface area contributed by atoms with E-state index in [4.69, 9.17) is 5.26 Å². The zero-order valence-electron chi connectivity index (χ0n) is 8.62. The van der Waals surface area contributed by atoms with Crippen LogP contribution in [0.4, 0.5) is 5.69 Å². The molecule has 0 spiro atoms. The maximum absolute atomic E-state index is 8.47. The minimum absolute atomic E-state index is 0.453. The molecule has 1 aromatic carbocycles. The van der Waals surface area contributed by atoms with Gasteiger partial charge in [0.1, 0.15) is 0 Å². The quantitative estimate of drug-likeness (QED) is 0.663. The molecular weight excluding hydrogens is 172 g/mol. The second-order valence-electron chi connectivity index (χ2n) is 2.82. The van der Waals surface area contributed by atoms with E-state index in [9.17, 15) is 0 Å². The zero-order valence-corrected chi connectivity index (χ0v) is 8.62. The molecule has 0 saturated heterocycles. The first-order valence-electron chi connectivity index (χ1n) is 4.91. The molecule has 1 heterocycles. The van der Waals surface area contributed by atoms with Gasteiger partial charge in [0.05, 0.1) is 18.2 Å². The van der Waals surface area contributed by atoms with Gasteiger partial charge in [-0.05, 0) is 11.6 Å². The van der Waals surface area contributed by atoms with Gasteiger partial charge in [0.25, 0.3) is 0 Å². The molecule has 1 aliphatic heterocycles. The third-order valence-corrected chi connectivity index (χ3v) is 1.95. The molecule has 14 heavy (non-hydrogen) atoms. The number of nitriles is 1. The number of fused-ring (bicyclic) bond motifs is 1. The average Bonchev–Trinajstić information content (AvgIpc) is 2.63. The number of nitrogens with zero attached hydrogens (tertiary/aromatic N) is 2. The van der Waals surface area contributed by atoms with E-state index in [2.05, 4.69) is 17.1 Å². The number of aliphatic imine (C=N–C) groups is 1. The van der Waals surface area contributed by atoms with E-state index in [-0.39, 0.29) is 0 Å². The van der Waals surface area contributed by atoms with Gasteiger partial charge in [-0.15, -0.1) is 0 Å². The van der Waals surface area contributed by atoms with Crippen molar-refractivity contribution in [2.24, 2.45) is 4.99 Å². The molecule has 1 aromatic rings. The monoisotopic (exact) mass is 186 g/mol. The Morgan fingerprint density at radius 3 is 2.71 bits per heavy atom. The lowest BCUT2D eigenvalue weighted by Crippen LogP contribution is -1.94. The highest BCUT2D eigenvalue weighted by Gasteiger charge is 2.12. The Morgan fingerprint density at radius 2 is 2.07 bits per heavy atom. The topological polar surface area (TPSA) is 36.1 Å². The summed E-state index contributed by atoms with van der Waals surface area (Å²) in [4.78, 5) is 4.34. The van der Waals surface area contributed by atoms with Crippen LogP contribution in [0.5, 0.6) is 0 Å². The zero-order chi connectivity index (χ0) is 10.4. The van der Waals surface area contributed by atoms with Crippen LogP contribution in [-0.4, -0.2) is 5.71 Å². The second-order valence-corrected chi connectivity index (χ2v) is 2.82. The maximum Gasteiger partial charge on any atom is 0.0739 e. The van der Waals surface area contributed by atoms with Crippen LogP contribution >= 0.6 is 0 Å². The molecule has 72 valence electrons. The Hall–Kier alpha value is -1.62. The van der Waals surface area contributed by atoms with Gasteiger partial charge in [0.15, 0.2) is 0 Å². The Kier molecular flexibility index (Phi) is 3.87. The molecule has 0 saturated carbocycles. The fourth-order valence-electron chi connectivity index (χ4n) is 1.39. The summed E-state index contributed by atoms with van der Waals surface area (Å²) in [5, 5.41) is 8.47. The van der Waals surface area contributed by atoms with E-state index in [0.29, 0.717) is 6.42 Å². The van der Waals surface area contributed by atoms with Gasteiger partial charge < -0.3 is 0 Å². The highest BCUT2D eigenvalue weighted by atomic mass is 14.8. The fraction of sp³-hybridized carbons (Fsp3) is 0.333. The van der Waals surface area contributed by atoms with Crippen molar-refractivity contribution in [3.63, 3.8) is 0 Å². The van der Waals surface area contributed by atoms with Gasteiger partial charge in [0, 0.05) is 12.1 Å². The number of rotatable bonds is 1. The van der Waals surface area contributed by atoms with Crippen LogP contribution in [0, 0.1) is 11.3 Å². The summed E-state index contributed by atoms with van der Waals surface area (Å²) in [5.41, 5.74) is 3.25. The minimum Gasteiger partial charge on any atom is -0.256 e. The third-order valence-electron chi connectivity index (χ3n) is 1.95. The standard InChI is InChI=1S/C10H8N2.C2H6/c11-6-5-9-7-8-3-1-2-4-10(8)12-9;1-2/h1-4H,5,7H2;1-2H3. The first-order valence-corrected chi connectivity index (χ1v) is 4.91. The predicted octanol–water partition coefficient (Wildman–Crippen LogP) is 3.26. The highest BCUT2D eigenvalue weighted by Crippen LogP contribution is 2.26. The summed E-state index contributed by atoms with van der Waals surface area (Å²) in [7, 11) is 0.